The number of benzene rings is 1. The Balaban J connectivity index is 2.44. The van der Waals surface area contributed by atoms with Crippen LogP contribution in [-0.2, 0) is 6.18 Å². The van der Waals surface area contributed by atoms with Gasteiger partial charge >= 0.3 is 6.18 Å². The first kappa shape index (κ1) is 11.2. The number of hydrogen-bond donors (Lipinski definition) is 0. The third kappa shape index (κ3) is 2.27. The summed E-state index contributed by atoms with van der Waals surface area (Å²) >= 11 is 3.04. The largest absolute Gasteiger partial charge is 0.429 e. The van der Waals surface area contributed by atoms with Gasteiger partial charge in [0.2, 0.25) is 5.89 Å². The Bertz CT molecular complexity index is 507. The molecule has 0 bridgehead atoms. The minimum Gasteiger partial charge on any atom is -0.429 e. The zero-order valence-corrected chi connectivity index (χ0v) is 9.34. The van der Waals surface area contributed by atoms with Crippen LogP contribution in [0.1, 0.15) is 5.56 Å². The highest BCUT2D eigenvalue weighted by Crippen LogP contribution is 2.32. The van der Waals surface area contributed by atoms with Crippen molar-refractivity contribution in [3.05, 3.63) is 40.7 Å². The van der Waals surface area contributed by atoms with Gasteiger partial charge in [-0.05, 0) is 34.1 Å². The first-order valence-corrected chi connectivity index (χ1v) is 5.05. The SMILES string of the molecule is FC(F)(F)c1cccc(-c2ncc(Br)o2)c1. The molecule has 0 N–H and O–H groups in total. The third-order valence-electron chi connectivity index (χ3n) is 1.91. The Hall–Kier alpha value is -1.30. The molecule has 0 atom stereocenters. The fourth-order valence-corrected chi connectivity index (χ4v) is 1.47. The normalized spacial score (nSPS) is 11.8. The number of nitrogens with zero attached hydrogens (tertiary/aromatic N) is 1. The maximum atomic E-state index is 12.4. The van der Waals surface area contributed by atoms with Gasteiger partial charge in [-0.3, -0.25) is 0 Å². The average molecular weight is 292 g/mol. The molecule has 2 rings (SSSR count). The highest BCUT2D eigenvalue weighted by molar-refractivity contribution is 9.10. The smallest absolute Gasteiger partial charge is 0.416 e. The second-order valence-corrected chi connectivity index (χ2v) is 3.83. The summed E-state index contributed by atoms with van der Waals surface area (Å²) < 4.78 is 42.7. The summed E-state index contributed by atoms with van der Waals surface area (Å²) in [4.78, 5) is 3.83. The van der Waals surface area contributed by atoms with Gasteiger partial charge in [-0.2, -0.15) is 13.2 Å². The molecular weight excluding hydrogens is 287 g/mol. The third-order valence-corrected chi connectivity index (χ3v) is 2.28. The number of halogens is 4. The van der Waals surface area contributed by atoms with Gasteiger partial charge in [-0.15, -0.1) is 0 Å². The van der Waals surface area contributed by atoms with Gasteiger partial charge in [-0.1, -0.05) is 6.07 Å². The van der Waals surface area contributed by atoms with E-state index in [9.17, 15) is 13.2 Å². The van der Waals surface area contributed by atoms with Crippen LogP contribution in [0.3, 0.4) is 0 Å². The molecule has 0 aliphatic rings. The molecule has 0 saturated heterocycles. The Labute approximate surface area is 97.2 Å². The molecule has 2 aromatic rings. The molecule has 0 amide bonds. The number of alkyl halides is 3. The standard InChI is InChI=1S/C10H5BrF3NO/c11-8-5-15-9(16-8)6-2-1-3-7(4-6)10(12,13)14/h1-5H. The van der Waals surface area contributed by atoms with Crippen LogP contribution in [0.5, 0.6) is 0 Å². The van der Waals surface area contributed by atoms with Crippen molar-refractivity contribution in [2.24, 2.45) is 0 Å². The van der Waals surface area contributed by atoms with Gasteiger partial charge in [0.15, 0.2) is 4.67 Å². The predicted molar refractivity (Wildman–Crippen MR) is 54.6 cm³/mol. The molecule has 0 saturated carbocycles. The van der Waals surface area contributed by atoms with E-state index in [1.807, 2.05) is 0 Å². The fraction of sp³-hybridized carbons (Fsp3) is 0.100. The maximum Gasteiger partial charge on any atom is 0.416 e. The molecule has 0 aliphatic heterocycles. The van der Waals surface area contributed by atoms with E-state index in [0.717, 1.165) is 12.1 Å². The van der Waals surface area contributed by atoms with E-state index in [0.29, 0.717) is 10.2 Å². The molecule has 0 spiro atoms. The quantitative estimate of drug-likeness (QED) is 0.790. The van der Waals surface area contributed by atoms with Gasteiger partial charge in [0.25, 0.3) is 0 Å². The van der Waals surface area contributed by atoms with Crippen LogP contribution < -0.4 is 0 Å². The lowest BCUT2D eigenvalue weighted by Gasteiger charge is -2.06. The second-order valence-electron chi connectivity index (χ2n) is 3.05. The van der Waals surface area contributed by atoms with Gasteiger partial charge in [0.1, 0.15) is 0 Å². The van der Waals surface area contributed by atoms with E-state index in [1.54, 1.807) is 0 Å². The number of rotatable bonds is 1. The summed E-state index contributed by atoms with van der Waals surface area (Å²) in [7, 11) is 0. The lowest BCUT2D eigenvalue weighted by molar-refractivity contribution is -0.137. The summed E-state index contributed by atoms with van der Waals surface area (Å²) in [6, 6.07) is 4.82. The van der Waals surface area contributed by atoms with E-state index in [2.05, 4.69) is 20.9 Å². The molecule has 0 fully saturated rings. The number of hydrogen-bond acceptors (Lipinski definition) is 2. The van der Waals surface area contributed by atoms with Crippen molar-refractivity contribution in [3.8, 4) is 11.5 Å². The predicted octanol–water partition coefficient (Wildman–Crippen LogP) is 4.12. The second kappa shape index (κ2) is 3.93. The van der Waals surface area contributed by atoms with E-state index in [1.165, 1.54) is 18.3 Å². The molecule has 6 heteroatoms. The molecule has 1 heterocycles. The summed E-state index contributed by atoms with van der Waals surface area (Å²) in [5, 5.41) is 0. The van der Waals surface area contributed by atoms with Crippen LogP contribution in [0, 0.1) is 0 Å². The van der Waals surface area contributed by atoms with Gasteiger partial charge < -0.3 is 4.42 Å². The first-order chi connectivity index (χ1) is 7.47. The number of aromatic nitrogens is 1. The summed E-state index contributed by atoms with van der Waals surface area (Å²) in [6.45, 7) is 0. The zero-order chi connectivity index (χ0) is 11.8. The summed E-state index contributed by atoms with van der Waals surface area (Å²) in [6.07, 6.45) is -2.98. The topological polar surface area (TPSA) is 26.0 Å². The molecule has 1 aromatic carbocycles. The van der Waals surface area contributed by atoms with E-state index in [4.69, 9.17) is 4.42 Å². The average Bonchev–Trinajstić information content (AvgIpc) is 2.64. The summed E-state index contributed by atoms with van der Waals surface area (Å²) in [5.74, 6) is 0.151. The maximum absolute atomic E-state index is 12.4. The lowest BCUT2D eigenvalue weighted by atomic mass is 10.1. The van der Waals surface area contributed by atoms with Crippen LogP contribution in [-0.4, -0.2) is 4.98 Å². The molecular formula is C10H5BrF3NO. The van der Waals surface area contributed by atoms with Crippen molar-refractivity contribution in [2.45, 2.75) is 6.18 Å². The highest BCUT2D eigenvalue weighted by atomic mass is 79.9. The van der Waals surface area contributed by atoms with Crippen molar-refractivity contribution in [1.29, 1.82) is 0 Å². The van der Waals surface area contributed by atoms with E-state index < -0.39 is 11.7 Å². The van der Waals surface area contributed by atoms with Gasteiger partial charge in [0, 0.05) is 5.56 Å². The highest BCUT2D eigenvalue weighted by Gasteiger charge is 2.30. The van der Waals surface area contributed by atoms with Crippen molar-refractivity contribution in [3.63, 3.8) is 0 Å². The van der Waals surface area contributed by atoms with Crippen molar-refractivity contribution >= 4 is 15.9 Å². The fourth-order valence-electron chi connectivity index (χ4n) is 1.22. The van der Waals surface area contributed by atoms with Crippen molar-refractivity contribution < 1.29 is 17.6 Å². The monoisotopic (exact) mass is 291 g/mol. The molecule has 16 heavy (non-hydrogen) atoms. The number of oxazole rings is 1. The van der Waals surface area contributed by atoms with Crippen LogP contribution in [0.25, 0.3) is 11.5 Å². The van der Waals surface area contributed by atoms with E-state index >= 15 is 0 Å². The Morgan fingerprint density at radius 2 is 2.00 bits per heavy atom. The molecule has 2 nitrogen and oxygen atoms in total. The molecule has 0 radical (unpaired) electrons. The molecule has 0 unspecified atom stereocenters. The van der Waals surface area contributed by atoms with Crippen LogP contribution in [0.2, 0.25) is 0 Å². The minimum atomic E-state index is -4.36. The first-order valence-electron chi connectivity index (χ1n) is 4.26. The van der Waals surface area contributed by atoms with E-state index in [-0.39, 0.29) is 5.89 Å². The van der Waals surface area contributed by atoms with Gasteiger partial charge in [0.05, 0.1) is 11.8 Å². The minimum absolute atomic E-state index is 0.151. The molecule has 1 aromatic heterocycles. The molecule has 0 aliphatic carbocycles. The zero-order valence-electron chi connectivity index (χ0n) is 7.75. The Kier molecular flexibility index (Phi) is 2.75. The van der Waals surface area contributed by atoms with Crippen LogP contribution >= 0.6 is 15.9 Å². The Morgan fingerprint density at radius 1 is 1.25 bits per heavy atom. The van der Waals surface area contributed by atoms with Crippen LogP contribution in [0.4, 0.5) is 13.2 Å². The Morgan fingerprint density at radius 3 is 2.56 bits per heavy atom. The lowest BCUT2D eigenvalue weighted by Crippen LogP contribution is -2.04. The van der Waals surface area contributed by atoms with Gasteiger partial charge in [-0.25, -0.2) is 4.98 Å². The molecule has 84 valence electrons. The van der Waals surface area contributed by atoms with Crippen LogP contribution in [0.15, 0.2) is 39.5 Å². The van der Waals surface area contributed by atoms with Crippen molar-refractivity contribution in [2.75, 3.05) is 0 Å². The van der Waals surface area contributed by atoms with Crippen molar-refractivity contribution in [1.82, 2.24) is 4.98 Å². The summed E-state index contributed by atoms with van der Waals surface area (Å²) in [5.41, 5.74) is -0.431.